The fourth-order valence-electron chi connectivity index (χ4n) is 0.454. The summed E-state index contributed by atoms with van der Waals surface area (Å²) in [6.07, 6.45) is 0.740. The molecule has 0 fully saturated rings. The van der Waals surface area contributed by atoms with E-state index in [-0.39, 0.29) is 5.92 Å². The van der Waals surface area contributed by atoms with E-state index in [1.807, 2.05) is 0 Å². The van der Waals surface area contributed by atoms with Gasteiger partial charge in [0.15, 0.2) is 0 Å². The smallest absolute Gasteiger partial charge is 0.305 e. The van der Waals surface area contributed by atoms with Crippen molar-refractivity contribution in [3.8, 4) is 0 Å². The lowest BCUT2D eigenvalue weighted by Gasteiger charge is -2.29. The van der Waals surface area contributed by atoms with Crippen LogP contribution in [0.3, 0.4) is 0 Å². The number of hydrogen-bond donors (Lipinski definition) is 3. The van der Waals surface area contributed by atoms with Crippen molar-refractivity contribution in [2.45, 2.75) is 66.0 Å². The van der Waals surface area contributed by atoms with Crippen LogP contribution >= 0.6 is 0 Å². The van der Waals surface area contributed by atoms with Crippen LogP contribution in [0.2, 0.25) is 0 Å². The zero-order valence-corrected chi connectivity index (χ0v) is 12.9. The first-order valence-electron chi connectivity index (χ1n) is 6.34. The highest BCUT2D eigenvalue weighted by molar-refractivity contribution is 5.68. The molecule has 8 nitrogen and oxygen atoms in total. The summed E-state index contributed by atoms with van der Waals surface area (Å²) in [5, 5.41) is 25.0. The Morgan fingerprint density at radius 1 is 1.00 bits per heavy atom. The van der Waals surface area contributed by atoms with E-state index in [0.717, 1.165) is 0 Å². The molecular weight excluding hydrogens is 272 g/mol. The predicted octanol–water partition coefficient (Wildman–Crippen LogP) is 2.89. The third-order valence-corrected chi connectivity index (χ3v) is 2.56. The van der Waals surface area contributed by atoms with Gasteiger partial charge in [0.05, 0.1) is 5.92 Å². The molecule has 20 heavy (non-hydrogen) atoms. The average Bonchev–Trinajstić information content (AvgIpc) is 2.45. The van der Waals surface area contributed by atoms with Crippen LogP contribution in [0, 0.1) is 5.92 Å². The Hall–Kier alpha value is -0.770. The summed E-state index contributed by atoms with van der Waals surface area (Å²) < 4.78 is 0. The molecule has 0 aliphatic rings. The standard InChI is InChI=1S/C8H18O6.C4H8O2/c1-5-7(3,11-9)13-14-8(4,6-2)12-10;1-3(2)4(5)6/h9-10H,5-6H2,1-4H3;3H,1-2H3,(H,5,6). The SMILES string of the molecule is CC(C)C(=O)O.CCC(C)(OO)OOC(C)(CC)OO. The highest BCUT2D eigenvalue weighted by Crippen LogP contribution is 2.22. The molecule has 2 atom stereocenters. The van der Waals surface area contributed by atoms with Gasteiger partial charge in [0.25, 0.3) is 0 Å². The third-order valence-electron chi connectivity index (χ3n) is 2.56. The molecule has 0 aliphatic heterocycles. The summed E-state index contributed by atoms with van der Waals surface area (Å²) >= 11 is 0. The maximum atomic E-state index is 9.70. The van der Waals surface area contributed by atoms with Crippen LogP contribution in [0.25, 0.3) is 0 Å². The molecule has 0 heterocycles. The molecule has 0 aliphatic carbocycles. The minimum Gasteiger partial charge on any atom is -0.481 e. The summed E-state index contributed by atoms with van der Waals surface area (Å²) in [5.41, 5.74) is 0. The topological polar surface area (TPSA) is 115 Å². The van der Waals surface area contributed by atoms with Crippen LogP contribution < -0.4 is 0 Å². The Kier molecular flexibility index (Phi) is 10.8. The fourth-order valence-corrected chi connectivity index (χ4v) is 0.454. The molecule has 0 aromatic rings. The molecule has 122 valence electrons. The Morgan fingerprint density at radius 3 is 1.35 bits per heavy atom. The van der Waals surface area contributed by atoms with Crippen LogP contribution in [-0.4, -0.2) is 33.2 Å². The van der Waals surface area contributed by atoms with E-state index in [0.29, 0.717) is 12.8 Å². The van der Waals surface area contributed by atoms with E-state index in [1.54, 1.807) is 27.7 Å². The molecule has 0 saturated carbocycles. The van der Waals surface area contributed by atoms with Gasteiger partial charge < -0.3 is 5.11 Å². The van der Waals surface area contributed by atoms with Crippen molar-refractivity contribution in [3.05, 3.63) is 0 Å². The van der Waals surface area contributed by atoms with Gasteiger partial charge in [-0.3, -0.25) is 4.79 Å². The van der Waals surface area contributed by atoms with Crippen molar-refractivity contribution in [2.24, 2.45) is 5.92 Å². The second kappa shape index (κ2) is 10.0. The highest BCUT2D eigenvalue weighted by Gasteiger charge is 2.33. The molecule has 0 amide bonds. The van der Waals surface area contributed by atoms with E-state index in [4.69, 9.17) is 25.4 Å². The van der Waals surface area contributed by atoms with Crippen LogP contribution in [0.15, 0.2) is 0 Å². The van der Waals surface area contributed by atoms with Gasteiger partial charge in [0, 0.05) is 12.8 Å². The average molecular weight is 298 g/mol. The third kappa shape index (κ3) is 9.18. The van der Waals surface area contributed by atoms with Crippen molar-refractivity contribution >= 4 is 5.97 Å². The first-order chi connectivity index (χ1) is 9.09. The molecule has 0 radical (unpaired) electrons. The fraction of sp³-hybridized carbons (Fsp3) is 0.917. The summed E-state index contributed by atoms with van der Waals surface area (Å²) in [6, 6.07) is 0. The first-order valence-corrected chi connectivity index (χ1v) is 6.34. The Labute approximate surface area is 119 Å². The van der Waals surface area contributed by atoms with Gasteiger partial charge in [-0.25, -0.2) is 20.3 Å². The van der Waals surface area contributed by atoms with Gasteiger partial charge in [-0.1, -0.05) is 27.7 Å². The van der Waals surface area contributed by atoms with Crippen molar-refractivity contribution < 1.29 is 40.0 Å². The minimum absolute atomic E-state index is 0.231. The van der Waals surface area contributed by atoms with Gasteiger partial charge in [0.1, 0.15) is 0 Å². The second-order valence-corrected chi connectivity index (χ2v) is 4.82. The number of carbonyl (C=O) groups is 1. The molecule has 8 heteroatoms. The van der Waals surface area contributed by atoms with E-state index in [9.17, 15) is 4.79 Å². The van der Waals surface area contributed by atoms with Gasteiger partial charge in [-0.05, 0) is 13.8 Å². The highest BCUT2D eigenvalue weighted by atomic mass is 17.3. The van der Waals surface area contributed by atoms with Crippen molar-refractivity contribution in [3.63, 3.8) is 0 Å². The maximum Gasteiger partial charge on any atom is 0.305 e. The summed E-state index contributed by atoms with van der Waals surface area (Å²) in [7, 11) is 0. The van der Waals surface area contributed by atoms with Crippen molar-refractivity contribution in [2.75, 3.05) is 0 Å². The molecular formula is C12H26O8. The zero-order chi connectivity index (χ0) is 16.4. The Morgan fingerprint density at radius 2 is 1.25 bits per heavy atom. The van der Waals surface area contributed by atoms with Gasteiger partial charge in [0.2, 0.25) is 11.6 Å². The molecule has 0 aromatic heterocycles. The lowest BCUT2D eigenvalue weighted by molar-refractivity contribution is -0.566. The largest absolute Gasteiger partial charge is 0.481 e. The molecule has 0 spiro atoms. The molecule has 0 aromatic carbocycles. The first kappa shape index (κ1) is 21.5. The molecule has 3 N–H and O–H groups in total. The van der Waals surface area contributed by atoms with E-state index in [2.05, 4.69) is 9.78 Å². The molecule has 2 unspecified atom stereocenters. The number of aliphatic carboxylic acids is 1. The number of rotatable bonds is 8. The lowest BCUT2D eigenvalue weighted by atomic mass is 10.2. The van der Waals surface area contributed by atoms with Crippen LogP contribution in [-0.2, 0) is 24.3 Å². The summed E-state index contributed by atoms with van der Waals surface area (Å²) in [4.78, 5) is 27.5. The molecule has 0 rings (SSSR count). The lowest BCUT2D eigenvalue weighted by Crippen LogP contribution is -2.38. The predicted molar refractivity (Wildman–Crippen MR) is 69.5 cm³/mol. The summed E-state index contributed by atoms with van der Waals surface area (Å²) in [5.74, 6) is -3.51. The monoisotopic (exact) mass is 298 g/mol. The van der Waals surface area contributed by atoms with E-state index >= 15 is 0 Å². The quantitative estimate of drug-likeness (QED) is 0.356. The van der Waals surface area contributed by atoms with Crippen molar-refractivity contribution in [1.82, 2.24) is 0 Å². The van der Waals surface area contributed by atoms with Crippen LogP contribution in [0.5, 0.6) is 0 Å². The van der Waals surface area contributed by atoms with E-state index in [1.165, 1.54) is 13.8 Å². The number of carboxylic acid groups (broad SMARTS) is 1. The molecule has 0 saturated heterocycles. The Bertz CT molecular complexity index is 240. The van der Waals surface area contributed by atoms with Crippen LogP contribution in [0.1, 0.15) is 54.4 Å². The summed E-state index contributed by atoms with van der Waals surface area (Å²) in [6.45, 7) is 9.73. The van der Waals surface area contributed by atoms with Gasteiger partial charge in [-0.15, -0.1) is 0 Å². The maximum absolute atomic E-state index is 9.70. The minimum atomic E-state index is -1.27. The Balaban J connectivity index is 0. The van der Waals surface area contributed by atoms with E-state index < -0.39 is 17.5 Å². The normalized spacial score (nSPS) is 16.9. The van der Waals surface area contributed by atoms with Crippen LogP contribution in [0.4, 0.5) is 0 Å². The number of hydrogen-bond acceptors (Lipinski definition) is 7. The van der Waals surface area contributed by atoms with Gasteiger partial charge in [-0.2, -0.15) is 9.78 Å². The van der Waals surface area contributed by atoms with Gasteiger partial charge >= 0.3 is 5.97 Å². The number of carboxylic acids is 1. The zero-order valence-electron chi connectivity index (χ0n) is 12.9. The van der Waals surface area contributed by atoms with Crippen molar-refractivity contribution in [1.29, 1.82) is 0 Å². The molecule has 0 bridgehead atoms. The second-order valence-electron chi connectivity index (χ2n) is 4.82.